The third-order valence-electron chi connectivity index (χ3n) is 4.61. The number of thioether (sulfide) groups is 1. The predicted octanol–water partition coefficient (Wildman–Crippen LogP) is 4.25. The molecule has 0 bridgehead atoms. The van der Waals surface area contributed by atoms with Crippen LogP contribution in [0.1, 0.15) is 31.2 Å². The molecule has 0 saturated heterocycles. The minimum Gasteiger partial charge on any atom is -0.510 e. The molecular formula is C21H19N7OS. The van der Waals surface area contributed by atoms with E-state index in [0.717, 1.165) is 16.7 Å². The van der Waals surface area contributed by atoms with Gasteiger partial charge < -0.3 is 10.1 Å². The Morgan fingerprint density at radius 2 is 1.97 bits per heavy atom. The van der Waals surface area contributed by atoms with Gasteiger partial charge in [-0.2, -0.15) is 9.94 Å². The largest absolute Gasteiger partial charge is 0.510 e. The van der Waals surface area contributed by atoms with Crippen LogP contribution in [0.4, 0.5) is 0 Å². The Morgan fingerprint density at radius 3 is 2.67 bits per heavy atom. The number of para-hydroxylation sites is 2. The van der Waals surface area contributed by atoms with Gasteiger partial charge in [0.05, 0.1) is 22.5 Å². The standard InChI is InChI=1S/C21H19N7OS/c1-13(2)14-7-9-15(10-8-14)28-21(25-26-27-28)30-12-19(29)16(11-22)20-23-17-5-3-4-6-18(17)24-20/h3-10,13,29H,12H2,1-2H3,(H,23,24)/b19-16-. The molecule has 4 aromatic rings. The summed E-state index contributed by atoms with van der Waals surface area (Å²) in [7, 11) is 0. The van der Waals surface area contributed by atoms with Crippen LogP contribution in [0.5, 0.6) is 0 Å². The van der Waals surface area contributed by atoms with Crippen LogP contribution in [0, 0.1) is 11.3 Å². The molecule has 0 unspecified atom stereocenters. The second-order valence-electron chi connectivity index (χ2n) is 6.94. The second-order valence-corrected chi connectivity index (χ2v) is 7.89. The molecule has 0 aliphatic heterocycles. The molecule has 2 aromatic carbocycles. The van der Waals surface area contributed by atoms with Gasteiger partial charge in [0.2, 0.25) is 5.16 Å². The van der Waals surface area contributed by atoms with Crippen LogP contribution in [-0.4, -0.2) is 41.0 Å². The first-order valence-electron chi connectivity index (χ1n) is 9.35. The average molecular weight is 417 g/mol. The fourth-order valence-electron chi connectivity index (χ4n) is 2.96. The van der Waals surface area contributed by atoms with Crippen LogP contribution in [0.3, 0.4) is 0 Å². The Labute approximate surface area is 177 Å². The molecule has 9 heteroatoms. The zero-order valence-electron chi connectivity index (χ0n) is 16.4. The summed E-state index contributed by atoms with van der Waals surface area (Å²) in [6.07, 6.45) is 0. The highest BCUT2D eigenvalue weighted by Crippen LogP contribution is 2.25. The molecule has 0 aliphatic carbocycles. The number of fused-ring (bicyclic) bond motifs is 1. The lowest BCUT2D eigenvalue weighted by Gasteiger charge is -2.08. The molecule has 0 saturated carbocycles. The lowest BCUT2D eigenvalue weighted by atomic mass is 10.0. The SMILES string of the molecule is CC(C)c1ccc(-n2nnnc2SC/C(O)=C(\C#N)c2nc3ccccc3[nH]2)cc1. The average Bonchev–Trinajstić information content (AvgIpc) is 3.39. The number of H-pyrrole nitrogens is 1. The highest BCUT2D eigenvalue weighted by atomic mass is 32.2. The predicted molar refractivity (Wildman–Crippen MR) is 115 cm³/mol. The zero-order chi connectivity index (χ0) is 21.1. The van der Waals surface area contributed by atoms with Crippen molar-refractivity contribution in [2.24, 2.45) is 0 Å². The summed E-state index contributed by atoms with van der Waals surface area (Å²) in [6, 6.07) is 17.5. The first-order chi connectivity index (χ1) is 14.6. The van der Waals surface area contributed by atoms with Crippen LogP contribution >= 0.6 is 11.8 Å². The highest BCUT2D eigenvalue weighted by Gasteiger charge is 2.16. The molecule has 0 fully saturated rings. The number of nitrogens with one attached hydrogen (secondary N) is 1. The zero-order valence-corrected chi connectivity index (χ0v) is 17.3. The minimum absolute atomic E-state index is 0.0914. The molecule has 0 spiro atoms. The van der Waals surface area contributed by atoms with Gasteiger partial charge in [0.15, 0.2) is 5.82 Å². The summed E-state index contributed by atoms with van der Waals surface area (Å²) in [6.45, 7) is 4.27. The minimum atomic E-state index is -0.0914. The molecule has 0 radical (unpaired) electrons. The van der Waals surface area contributed by atoms with Gasteiger partial charge in [0, 0.05) is 0 Å². The monoisotopic (exact) mass is 417 g/mol. The van der Waals surface area contributed by atoms with E-state index in [2.05, 4.69) is 39.3 Å². The molecule has 0 amide bonds. The summed E-state index contributed by atoms with van der Waals surface area (Å²) < 4.78 is 1.61. The number of rotatable bonds is 6. The van der Waals surface area contributed by atoms with E-state index in [1.165, 1.54) is 17.3 Å². The van der Waals surface area contributed by atoms with E-state index in [4.69, 9.17) is 0 Å². The molecule has 30 heavy (non-hydrogen) atoms. The summed E-state index contributed by atoms with van der Waals surface area (Å²) in [5.41, 5.74) is 3.68. The van der Waals surface area contributed by atoms with Gasteiger partial charge in [-0.05, 0) is 46.2 Å². The summed E-state index contributed by atoms with van der Waals surface area (Å²) in [5, 5.41) is 32.4. The van der Waals surface area contributed by atoms with Gasteiger partial charge in [-0.25, -0.2) is 4.98 Å². The number of benzene rings is 2. The van der Waals surface area contributed by atoms with E-state index < -0.39 is 0 Å². The number of imidazole rings is 1. The van der Waals surface area contributed by atoms with E-state index in [0.29, 0.717) is 16.9 Å². The number of hydrogen-bond acceptors (Lipinski definition) is 7. The van der Waals surface area contributed by atoms with Crippen molar-refractivity contribution in [3.8, 4) is 11.8 Å². The van der Waals surface area contributed by atoms with Gasteiger partial charge in [0.1, 0.15) is 17.4 Å². The van der Waals surface area contributed by atoms with Crippen LogP contribution < -0.4 is 0 Å². The molecule has 0 atom stereocenters. The van der Waals surface area contributed by atoms with Gasteiger partial charge >= 0.3 is 0 Å². The maximum absolute atomic E-state index is 10.5. The number of aromatic amines is 1. The van der Waals surface area contributed by atoms with Crippen molar-refractivity contribution in [1.29, 1.82) is 5.26 Å². The van der Waals surface area contributed by atoms with Gasteiger partial charge in [0.25, 0.3) is 0 Å². The van der Waals surface area contributed by atoms with Crippen LogP contribution in [0.15, 0.2) is 59.4 Å². The molecule has 2 aromatic heterocycles. The summed E-state index contributed by atoms with van der Waals surface area (Å²) in [4.78, 5) is 7.45. The van der Waals surface area contributed by atoms with E-state index in [1.54, 1.807) is 4.68 Å². The number of allylic oxidation sites excluding steroid dienone is 1. The van der Waals surface area contributed by atoms with Crippen LogP contribution in [0.25, 0.3) is 22.3 Å². The quantitative estimate of drug-likeness (QED) is 0.274. The lowest BCUT2D eigenvalue weighted by molar-refractivity contribution is 0.420. The second kappa shape index (κ2) is 8.39. The summed E-state index contributed by atoms with van der Waals surface area (Å²) >= 11 is 1.24. The Balaban J connectivity index is 1.55. The Hall–Kier alpha value is -3.64. The maximum Gasteiger partial charge on any atom is 0.214 e. The normalized spacial score (nSPS) is 12.2. The van der Waals surface area contributed by atoms with Crippen molar-refractivity contribution < 1.29 is 5.11 Å². The first kappa shape index (κ1) is 19.7. The van der Waals surface area contributed by atoms with Crippen molar-refractivity contribution in [3.05, 3.63) is 65.7 Å². The Morgan fingerprint density at radius 1 is 1.20 bits per heavy atom. The molecule has 8 nitrogen and oxygen atoms in total. The molecular weight excluding hydrogens is 398 g/mol. The van der Waals surface area contributed by atoms with E-state index >= 15 is 0 Å². The van der Waals surface area contributed by atoms with E-state index in [-0.39, 0.29) is 17.1 Å². The fourth-order valence-corrected chi connectivity index (χ4v) is 3.73. The molecule has 2 N–H and O–H groups in total. The third-order valence-corrected chi connectivity index (χ3v) is 5.54. The van der Waals surface area contributed by atoms with E-state index in [9.17, 15) is 10.4 Å². The number of nitrogens with zero attached hydrogens (tertiary/aromatic N) is 6. The van der Waals surface area contributed by atoms with E-state index in [1.807, 2.05) is 54.6 Å². The highest BCUT2D eigenvalue weighted by molar-refractivity contribution is 7.99. The van der Waals surface area contributed by atoms with Crippen LogP contribution in [0.2, 0.25) is 0 Å². The molecule has 150 valence electrons. The lowest BCUT2D eigenvalue weighted by Crippen LogP contribution is -2.01. The van der Waals surface area contributed by atoms with Crippen molar-refractivity contribution >= 4 is 28.4 Å². The van der Waals surface area contributed by atoms with Crippen LogP contribution in [-0.2, 0) is 0 Å². The Bertz CT molecular complexity index is 1220. The first-order valence-corrected chi connectivity index (χ1v) is 10.3. The van der Waals surface area contributed by atoms with Gasteiger partial charge in [-0.1, -0.05) is 49.9 Å². The fraction of sp³-hybridized carbons (Fsp3) is 0.190. The molecule has 0 aliphatic rings. The van der Waals surface area contributed by atoms with Crippen molar-refractivity contribution in [1.82, 2.24) is 30.2 Å². The molecule has 2 heterocycles. The number of tetrazole rings is 1. The number of aliphatic hydroxyl groups excluding tert-OH is 1. The van der Waals surface area contributed by atoms with Crippen molar-refractivity contribution in [3.63, 3.8) is 0 Å². The van der Waals surface area contributed by atoms with Crippen molar-refractivity contribution in [2.75, 3.05) is 5.75 Å². The number of hydrogen-bond donors (Lipinski definition) is 2. The number of nitriles is 1. The third kappa shape index (κ3) is 3.90. The Kier molecular flexibility index (Phi) is 5.50. The maximum atomic E-state index is 10.5. The summed E-state index contributed by atoms with van der Waals surface area (Å²) in [5.74, 6) is 0.808. The topological polar surface area (TPSA) is 116 Å². The molecule has 4 rings (SSSR count). The number of aromatic nitrogens is 6. The van der Waals surface area contributed by atoms with Gasteiger partial charge in [-0.15, -0.1) is 5.10 Å². The smallest absolute Gasteiger partial charge is 0.214 e. The van der Waals surface area contributed by atoms with Crippen molar-refractivity contribution in [2.45, 2.75) is 24.9 Å². The van der Waals surface area contributed by atoms with Gasteiger partial charge in [-0.3, -0.25) is 0 Å². The number of aliphatic hydroxyl groups is 1.